The fourth-order valence-corrected chi connectivity index (χ4v) is 8.31. The van der Waals surface area contributed by atoms with Crippen molar-refractivity contribution in [1.82, 2.24) is 0 Å². The molecule has 0 nitrogen and oxygen atoms in total. The van der Waals surface area contributed by atoms with E-state index in [4.69, 9.17) is 0 Å². The molecule has 0 aliphatic heterocycles. The van der Waals surface area contributed by atoms with Crippen LogP contribution in [0.1, 0.15) is 39.0 Å². The third kappa shape index (κ3) is 4.50. The van der Waals surface area contributed by atoms with E-state index in [0.29, 0.717) is 3.43 Å². The zero-order chi connectivity index (χ0) is 9.90. The Labute approximate surface area is 96.0 Å². The molecular weight excluding hydrogens is 283 g/mol. The Morgan fingerprint density at radius 3 is 2.54 bits per heavy atom. The van der Waals surface area contributed by atoms with Crippen LogP contribution in [0.25, 0.3) is 0 Å². The summed E-state index contributed by atoms with van der Waals surface area (Å²) in [5.41, 5.74) is 0. The Morgan fingerprint density at radius 2 is 2.00 bits per heavy atom. The van der Waals surface area contributed by atoms with Crippen molar-refractivity contribution in [3.8, 4) is 0 Å². The van der Waals surface area contributed by atoms with E-state index in [2.05, 4.69) is 51.2 Å². The van der Waals surface area contributed by atoms with Gasteiger partial charge in [0.25, 0.3) is 0 Å². The van der Waals surface area contributed by atoms with Crippen LogP contribution < -0.4 is 2.89 Å². The Hall–Kier alpha value is 0.499. The third-order valence-corrected chi connectivity index (χ3v) is 7.49. The summed E-state index contributed by atoms with van der Waals surface area (Å²) < 4.78 is 2.30. The topological polar surface area (TPSA) is 0 Å². The van der Waals surface area contributed by atoms with Gasteiger partial charge in [-0.05, 0) is 0 Å². The zero-order valence-corrected chi connectivity index (χ0v) is 12.6. The minimum atomic E-state index is -0.333. The second kappa shape index (κ2) is 4.83. The number of hydrogen-bond donors (Lipinski definition) is 0. The van der Waals surface area contributed by atoms with Crippen LogP contribution in [0.15, 0.2) is 12.1 Å². The molecule has 1 aromatic rings. The van der Waals surface area contributed by atoms with Gasteiger partial charge in [0.15, 0.2) is 0 Å². The van der Waals surface area contributed by atoms with Gasteiger partial charge in [-0.1, -0.05) is 0 Å². The van der Waals surface area contributed by atoms with E-state index < -0.39 is 0 Å². The first-order valence-electron chi connectivity index (χ1n) is 4.88. The molecule has 72 valence electrons. The van der Waals surface area contributed by atoms with Gasteiger partial charge in [0.05, 0.1) is 0 Å². The summed E-state index contributed by atoms with van der Waals surface area (Å²) in [6.07, 6.45) is 2.55. The molecule has 2 heteroatoms. The molecule has 0 amide bonds. The summed E-state index contributed by atoms with van der Waals surface area (Å²) in [5, 5.41) is 0. The summed E-state index contributed by atoms with van der Waals surface area (Å²) in [5.74, 6) is 0. The maximum atomic E-state index is 2.37. The van der Waals surface area contributed by atoms with Gasteiger partial charge < -0.3 is 0 Å². The van der Waals surface area contributed by atoms with Crippen LogP contribution in [0.2, 0.25) is 3.43 Å². The minimum absolute atomic E-state index is 0.333. The van der Waals surface area contributed by atoms with Crippen LogP contribution in [0.5, 0.6) is 0 Å². The quantitative estimate of drug-likeness (QED) is 0.752. The van der Waals surface area contributed by atoms with Crippen molar-refractivity contribution < 1.29 is 0 Å². The average molecular weight is 301 g/mol. The van der Waals surface area contributed by atoms with Crippen LogP contribution in [0.3, 0.4) is 0 Å². The normalized spacial score (nSPS) is 12.0. The summed E-state index contributed by atoms with van der Waals surface area (Å²) in [7, 11) is 0. The maximum absolute atomic E-state index is 2.37. The second-order valence-electron chi connectivity index (χ2n) is 4.39. The first-order valence-corrected chi connectivity index (χ1v) is 8.55. The van der Waals surface area contributed by atoms with Crippen molar-refractivity contribution in [3.63, 3.8) is 0 Å². The number of hydrogen-bond acceptors (Lipinski definition) is 1. The van der Waals surface area contributed by atoms with Crippen molar-refractivity contribution in [2.45, 2.75) is 44.0 Å². The molecule has 0 aliphatic rings. The molecule has 0 saturated carbocycles. The number of rotatable bonds is 3. The van der Waals surface area contributed by atoms with Gasteiger partial charge in [-0.15, -0.1) is 0 Å². The van der Waals surface area contributed by atoms with Crippen LogP contribution >= 0.6 is 11.3 Å². The molecular formula is C11H18SSn. The molecule has 0 bridgehead atoms. The van der Waals surface area contributed by atoms with E-state index in [1.807, 2.05) is 0 Å². The average Bonchev–Trinajstić information content (AvgIpc) is 2.33. The third-order valence-electron chi connectivity index (χ3n) is 1.66. The molecule has 0 aromatic carbocycles. The van der Waals surface area contributed by atoms with E-state index in [9.17, 15) is 0 Å². The Morgan fingerprint density at radius 1 is 1.31 bits per heavy atom. The van der Waals surface area contributed by atoms with E-state index in [1.54, 1.807) is 7.77 Å². The van der Waals surface area contributed by atoms with E-state index >= 15 is 0 Å². The van der Waals surface area contributed by atoms with Gasteiger partial charge in [-0.2, -0.15) is 0 Å². The van der Waals surface area contributed by atoms with Gasteiger partial charge in [0, 0.05) is 0 Å². The fraction of sp³-hybridized carbons (Fsp3) is 0.636. The fourth-order valence-electron chi connectivity index (χ4n) is 1.20. The molecule has 0 saturated heterocycles. The molecule has 0 fully saturated rings. The summed E-state index contributed by atoms with van der Waals surface area (Å²) in [6, 6.07) is 4.70. The van der Waals surface area contributed by atoms with Crippen molar-refractivity contribution in [1.29, 1.82) is 0 Å². The number of aryl methyl sites for hydroxylation is 1. The van der Waals surface area contributed by atoms with Crippen molar-refractivity contribution in [2.75, 3.05) is 0 Å². The van der Waals surface area contributed by atoms with Gasteiger partial charge in [0.1, 0.15) is 0 Å². The van der Waals surface area contributed by atoms with Crippen LogP contribution in [-0.4, -0.2) is 21.1 Å². The molecule has 1 rings (SSSR count). The molecule has 0 aliphatic carbocycles. The predicted octanol–water partition coefficient (Wildman–Crippen LogP) is 3.25. The van der Waals surface area contributed by atoms with Crippen molar-refractivity contribution in [2.24, 2.45) is 0 Å². The monoisotopic (exact) mass is 302 g/mol. The first kappa shape index (κ1) is 11.6. The van der Waals surface area contributed by atoms with E-state index in [0.717, 1.165) is 0 Å². The molecule has 0 N–H and O–H groups in total. The van der Waals surface area contributed by atoms with Crippen molar-refractivity contribution in [3.05, 3.63) is 17.0 Å². The summed E-state index contributed by atoms with van der Waals surface area (Å²) in [4.78, 5) is 1.59. The molecule has 1 aromatic heterocycles. The summed E-state index contributed by atoms with van der Waals surface area (Å²) in [6.45, 7) is 9.37. The standard InChI is InChI=1S/C7H9S.C4H9.Sn/c1-2-4-7-5-3-6-8-7;1-4(2)3;/h3,5H,2,4H2,1H3;1-3H3;. The first-order chi connectivity index (χ1) is 6.01. The van der Waals surface area contributed by atoms with Gasteiger partial charge in [0.2, 0.25) is 0 Å². The van der Waals surface area contributed by atoms with Crippen LogP contribution in [0.4, 0.5) is 0 Å². The Kier molecular flexibility index (Phi) is 4.30. The summed E-state index contributed by atoms with van der Waals surface area (Å²) >= 11 is 1.73. The second-order valence-corrected chi connectivity index (χ2v) is 13.1. The molecule has 0 spiro atoms. The van der Waals surface area contributed by atoms with E-state index in [-0.39, 0.29) is 21.1 Å². The Bertz CT molecular complexity index is 257. The Balaban J connectivity index is 2.59. The van der Waals surface area contributed by atoms with Crippen LogP contribution in [-0.2, 0) is 6.42 Å². The van der Waals surface area contributed by atoms with Crippen molar-refractivity contribution >= 4 is 35.4 Å². The molecule has 1 heterocycles. The van der Waals surface area contributed by atoms with Gasteiger partial charge >= 0.3 is 96.3 Å². The van der Waals surface area contributed by atoms with Gasteiger partial charge in [-0.3, -0.25) is 0 Å². The number of thiophene rings is 1. The molecule has 2 radical (unpaired) electrons. The molecule has 0 atom stereocenters. The molecule has 0 unspecified atom stereocenters. The SMILES string of the molecule is CCCc1cc[c]([Sn][C](C)(C)C)s1. The van der Waals surface area contributed by atoms with E-state index in [1.165, 1.54) is 12.8 Å². The molecule has 13 heavy (non-hydrogen) atoms. The van der Waals surface area contributed by atoms with Crippen LogP contribution in [0, 0.1) is 0 Å². The zero-order valence-electron chi connectivity index (χ0n) is 8.98. The predicted molar refractivity (Wildman–Crippen MR) is 63.4 cm³/mol. The van der Waals surface area contributed by atoms with Gasteiger partial charge in [-0.25, -0.2) is 0 Å².